The first kappa shape index (κ1) is 15.3. The quantitative estimate of drug-likeness (QED) is 0.468. The molecule has 0 radical (unpaired) electrons. The highest BCUT2D eigenvalue weighted by atomic mass is 35.5. The molecule has 114 valence electrons. The number of halogens is 1. The van der Waals surface area contributed by atoms with Crippen LogP contribution in [-0.4, -0.2) is 5.97 Å². The van der Waals surface area contributed by atoms with Crippen molar-refractivity contribution >= 4 is 17.6 Å². The Hall–Kier alpha value is -2.58. The Morgan fingerprint density at radius 3 is 2.09 bits per heavy atom. The van der Waals surface area contributed by atoms with Gasteiger partial charge in [-0.25, -0.2) is 4.79 Å². The van der Waals surface area contributed by atoms with E-state index in [0.717, 1.165) is 11.1 Å². The molecule has 0 aliphatic heterocycles. The van der Waals surface area contributed by atoms with Crippen molar-refractivity contribution in [3.8, 4) is 16.9 Å². The van der Waals surface area contributed by atoms with Gasteiger partial charge < -0.3 is 4.74 Å². The van der Waals surface area contributed by atoms with E-state index < -0.39 is 5.97 Å². The van der Waals surface area contributed by atoms with Gasteiger partial charge in [0.05, 0.1) is 5.56 Å². The van der Waals surface area contributed by atoms with Crippen LogP contribution in [0.4, 0.5) is 0 Å². The Labute approximate surface area is 140 Å². The van der Waals surface area contributed by atoms with Crippen molar-refractivity contribution in [1.82, 2.24) is 0 Å². The lowest BCUT2D eigenvalue weighted by molar-refractivity contribution is 0.0735. The molecule has 3 rings (SSSR count). The van der Waals surface area contributed by atoms with Crippen LogP contribution in [0.25, 0.3) is 11.1 Å². The maximum Gasteiger partial charge on any atom is 0.343 e. The van der Waals surface area contributed by atoms with Gasteiger partial charge in [0.2, 0.25) is 0 Å². The summed E-state index contributed by atoms with van der Waals surface area (Å²) < 4.78 is 5.37. The molecule has 3 heteroatoms. The lowest BCUT2D eigenvalue weighted by atomic mass is 10.0. The summed E-state index contributed by atoms with van der Waals surface area (Å²) in [6.45, 7) is 2.06. The Morgan fingerprint density at radius 1 is 0.870 bits per heavy atom. The van der Waals surface area contributed by atoms with Crippen molar-refractivity contribution in [1.29, 1.82) is 0 Å². The molecule has 0 saturated carbocycles. The first-order chi connectivity index (χ1) is 11.1. The van der Waals surface area contributed by atoms with Crippen LogP contribution < -0.4 is 4.74 Å². The fourth-order valence-corrected chi connectivity index (χ4v) is 2.43. The minimum Gasteiger partial charge on any atom is -0.423 e. The van der Waals surface area contributed by atoms with Crippen LogP contribution in [0, 0.1) is 6.92 Å². The van der Waals surface area contributed by atoms with Gasteiger partial charge in [-0.05, 0) is 48.4 Å². The third-order valence-corrected chi connectivity index (χ3v) is 3.75. The molecular formula is C20H15ClO2. The first-order valence-electron chi connectivity index (χ1n) is 7.27. The summed E-state index contributed by atoms with van der Waals surface area (Å²) in [5.41, 5.74) is 3.86. The molecule has 0 saturated heterocycles. The summed E-state index contributed by atoms with van der Waals surface area (Å²) in [6.07, 6.45) is 0. The Balaban J connectivity index is 1.75. The molecule has 0 aliphatic carbocycles. The number of benzene rings is 3. The van der Waals surface area contributed by atoms with E-state index in [2.05, 4.69) is 31.2 Å². The maximum absolute atomic E-state index is 12.1. The number of rotatable bonds is 3. The number of hydrogen-bond donors (Lipinski definition) is 0. The third kappa shape index (κ3) is 3.79. The summed E-state index contributed by atoms with van der Waals surface area (Å²) in [4.78, 5) is 12.1. The Bertz CT molecular complexity index is 821. The number of ether oxygens (including phenoxy) is 1. The SMILES string of the molecule is Cc1ccc(-c2ccc(OC(=O)c3cccc(Cl)c3)cc2)cc1. The van der Waals surface area contributed by atoms with Crippen LogP contribution in [0.3, 0.4) is 0 Å². The van der Waals surface area contributed by atoms with E-state index in [4.69, 9.17) is 16.3 Å². The van der Waals surface area contributed by atoms with E-state index in [-0.39, 0.29) is 0 Å². The number of carbonyl (C=O) groups is 1. The number of esters is 1. The van der Waals surface area contributed by atoms with Gasteiger partial charge in [-0.15, -0.1) is 0 Å². The third-order valence-electron chi connectivity index (χ3n) is 3.51. The highest BCUT2D eigenvalue weighted by Gasteiger charge is 2.09. The second kappa shape index (κ2) is 6.67. The summed E-state index contributed by atoms with van der Waals surface area (Å²) in [5, 5.41) is 0.508. The molecule has 0 heterocycles. The number of aryl methyl sites for hydroxylation is 1. The van der Waals surface area contributed by atoms with Crippen LogP contribution >= 0.6 is 11.6 Å². The molecule has 2 nitrogen and oxygen atoms in total. The van der Waals surface area contributed by atoms with Crippen LogP contribution in [-0.2, 0) is 0 Å². The van der Waals surface area contributed by atoms with Crippen LogP contribution in [0.1, 0.15) is 15.9 Å². The Kier molecular flexibility index (Phi) is 4.45. The molecule has 0 atom stereocenters. The predicted molar refractivity (Wildman–Crippen MR) is 93.0 cm³/mol. The topological polar surface area (TPSA) is 26.3 Å². The van der Waals surface area contributed by atoms with Gasteiger partial charge in [0.25, 0.3) is 0 Å². The lowest BCUT2D eigenvalue weighted by Gasteiger charge is -2.06. The minimum atomic E-state index is -0.421. The van der Waals surface area contributed by atoms with Crippen molar-refractivity contribution < 1.29 is 9.53 Å². The van der Waals surface area contributed by atoms with Gasteiger partial charge >= 0.3 is 5.97 Å². The van der Waals surface area contributed by atoms with Crippen molar-refractivity contribution in [2.24, 2.45) is 0 Å². The molecule has 0 unspecified atom stereocenters. The van der Waals surface area contributed by atoms with Crippen molar-refractivity contribution in [3.05, 3.63) is 88.9 Å². The highest BCUT2D eigenvalue weighted by Crippen LogP contribution is 2.23. The zero-order valence-electron chi connectivity index (χ0n) is 12.6. The first-order valence-corrected chi connectivity index (χ1v) is 7.64. The largest absolute Gasteiger partial charge is 0.423 e. The summed E-state index contributed by atoms with van der Waals surface area (Å²) in [6, 6.07) is 22.4. The molecule has 3 aromatic rings. The van der Waals surface area contributed by atoms with E-state index in [1.54, 1.807) is 36.4 Å². The maximum atomic E-state index is 12.1. The molecule has 0 bridgehead atoms. The summed E-state index contributed by atoms with van der Waals surface area (Å²) in [5.74, 6) is 0.0847. The molecule has 0 spiro atoms. The fourth-order valence-electron chi connectivity index (χ4n) is 2.24. The average molecular weight is 323 g/mol. The predicted octanol–water partition coefficient (Wildman–Crippen LogP) is 5.53. The van der Waals surface area contributed by atoms with Gasteiger partial charge in [0.1, 0.15) is 5.75 Å². The monoisotopic (exact) mass is 322 g/mol. The van der Waals surface area contributed by atoms with Crippen molar-refractivity contribution in [3.63, 3.8) is 0 Å². The molecule has 0 fully saturated rings. The van der Waals surface area contributed by atoms with Crippen LogP contribution in [0.15, 0.2) is 72.8 Å². The van der Waals surface area contributed by atoms with Gasteiger partial charge in [0.15, 0.2) is 0 Å². The molecule has 0 amide bonds. The molecular weight excluding hydrogens is 308 g/mol. The van der Waals surface area contributed by atoms with E-state index in [1.807, 2.05) is 12.1 Å². The van der Waals surface area contributed by atoms with Gasteiger partial charge in [-0.3, -0.25) is 0 Å². The van der Waals surface area contributed by atoms with Gasteiger partial charge in [-0.1, -0.05) is 59.6 Å². The standard InChI is InChI=1S/C20H15ClO2/c1-14-5-7-15(8-6-14)16-9-11-19(12-10-16)23-20(22)17-3-2-4-18(21)13-17/h2-13H,1H3. The van der Waals surface area contributed by atoms with Crippen molar-refractivity contribution in [2.75, 3.05) is 0 Å². The number of hydrogen-bond acceptors (Lipinski definition) is 2. The second-order valence-corrected chi connectivity index (χ2v) is 5.73. The van der Waals surface area contributed by atoms with E-state index in [1.165, 1.54) is 5.56 Å². The minimum absolute atomic E-state index is 0.421. The summed E-state index contributed by atoms with van der Waals surface area (Å²) >= 11 is 5.88. The fraction of sp³-hybridized carbons (Fsp3) is 0.0500. The zero-order valence-corrected chi connectivity index (χ0v) is 13.4. The van der Waals surface area contributed by atoms with E-state index in [0.29, 0.717) is 16.3 Å². The molecule has 3 aromatic carbocycles. The zero-order chi connectivity index (χ0) is 16.2. The Morgan fingerprint density at radius 2 is 1.48 bits per heavy atom. The van der Waals surface area contributed by atoms with E-state index in [9.17, 15) is 4.79 Å². The molecule has 0 N–H and O–H groups in total. The second-order valence-electron chi connectivity index (χ2n) is 5.29. The highest BCUT2D eigenvalue weighted by molar-refractivity contribution is 6.30. The smallest absolute Gasteiger partial charge is 0.343 e. The van der Waals surface area contributed by atoms with Crippen LogP contribution in [0.2, 0.25) is 5.02 Å². The van der Waals surface area contributed by atoms with E-state index >= 15 is 0 Å². The summed E-state index contributed by atoms with van der Waals surface area (Å²) in [7, 11) is 0. The van der Waals surface area contributed by atoms with Crippen LogP contribution in [0.5, 0.6) is 5.75 Å². The van der Waals surface area contributed by atoms with Crippen molar-refractivity contribution in [2.45, 2.75) is 6.92 Å². The van der Waals surface area contributed by atoms with Gasteiger partial charge in [0, 0.05) is 5.02 Å². The van der Waals surface area contributed by atoms with Gasteiger partial charge in [-0.2, -0.15) is 0 Å². The molecule has 0 aromatic heterocycles. The molecule has 0 aliphatic rings. The lowest BCUT2D eigenvalue weighted by Crippen LogP contribution is -2.08. The average Bonchev–Trinajstić information content (AvgIpc) is 2.56. The normalized spacial score (nSPS) is 10.3. The molecule has 23 heavy (non-hydrogen) atoms. The number of carbonyl (C=O) groups excluding carboxylic acids is 1.